The van der Waals surface area contributed by atoms with Crippen molar-refractivity contribution in [3.8, 4) is 0 Å². The van der Waals surface area contributed by atoms with Crippen molar-refractivity contribution in [2.24, 2.45) is 0 Å². The third-order valence-corrected chi connectivity index (χ3v) is 3.99. The number of hydrogen-bond donors (Lipinski definition) is 3. The van der Waals surface area contributed by atoms with Crippen LogP contribution in [-0.4, -0.2) is 29.4 Å². The molecule has 3 N–H and O–H groups in total. The zero-order valence-corrected chi connectivity index (χ0v) is 14.9. The molecule has 2 aromatic rings. The van der Waals surface area contributed by atoms with Crippen LogP contribution in [0.15, 0.2) is 48.5 Å². The van der Waals surface area contributed by atoms with Gasteiger partial charge in [-0.05, 0) is 47.9 Å². The van der Waals surface area contributed by atoms with Crippen molar-refractivity contribution < 1.29 is 23.9 Å². The first-order chi connectivity index (χ1) is 12.8. The van der Waals surface area contributed by atoms with Gasteiger partial charge in [-0.3, -0.25) is 14.4 Å². The fraction of sp³-hybridized carbons (Fsp3) is 0.250. The summed E-state index contributed by atoms with van der Waals surface area (Å²) >= 11 is 0. The number of rotatable bonds is 8. The third kappa shape index (κ3) is 6.54. The summed E-state index contributed by atoms with van der Waals surface area (Å²) < 4.78 is 13.0. The molecule has 2 amide bonds. The van der Waals surface area contributed by atoms with E-state index in [1.165, 1.54) is 12.1 Å². The standard InChI is InChI=1S/C20H21FN2O4/c1-13(14-2-6-16(21)7-3-14)12-18(24)23-17-8-4-15(5-9-17)20(27)22-11-10-19(25)26/h2-9,13H,10-12H2,1H3,(H,22,27)(H,23,24)(H,25,26). The van der Waals surface area contributed by atoms with Gasteiger partial charge in [0, 0.05) is 24.2 Å². The van der Waals surface area contributed by atoms with Crippen molar-refractivity contribution in [1.82, 2.24) is 5.32 Å². The van der Waals surface area contributed by atoms with Crippen LogP contribution in [0.3, 0.4) is 0 Å². The lowest BCUT2D eigenvalue weighted by Crippen LogP contribution is -2.25. The van der Waals surface area contributed by atoms with Gasteiger partial charge in [-0.25, -0.2) is 4.39 Å². The Morgan fingerprint density at radius 2 is 1.67 bits per heavy atom. The summed E-state index contributed by atoms with van der Waals surface area (Å²) in [6.45, 7) is 1.94. The maximum atomic E-state index is 13.0. The molecule has 2 aromatic carbocycles. The molecule has 0 heterocycles. The largest absolute Gasteiger partial charge is 0.481 e. The first-order valence-corrected chi connectivity index (χ1v) is 8.50. The summed E-state index contributed by atoms with van der Waals surface area (Å²) in [5.41, 5.74) is 1.80. The number of carbonyl (C=O) groups excluding carboxylic acids is 2. The smallest absolute Gasteiger partial charge is 0.305 e. The number of hydrogen-bond acceptors (Lipinski definition) is 3. The third-order valence-electron chi connectivity index (χ3n) is 3.99. The molecular weight excluding hydrogens is 351 g/mol. The molecule has 0 aliphatic heterocycles. The van der Waals surface area contributed by atoms with Gasteiger partial charge in [0.25, 0.3) is 5.91 Å². The molecule has 0 radical (unpaired) electrons. The summed E-state index contributed by atoms with van der Waals surface area (Å²) in [6, 6.07) is 12.4. The van der Waals surface area contributed by atoms with Crippen LogP contribution in [0.1, 0.15) is 41.6 Å². The van der Waals surface area contributed by atoms with Crippen molar-refractivity contribution >= 4 is 23.5 Å². The molecule has 0 spiro atoms. The average Bonchev–Trinajstić information content (AvgIpc) is 2.62. The summed E-state index contributed by atoms with van der Waals surface area (Å²) in [7, 11) is 0. The van der Waals surface area contributed by atoms with Gasteiger partial charge in [0.15, 0.2) is 0 Å². The second-order valence-electron chi connectivity index (χ2n) is 6.18. The van der Waals surface area contributed by atoms with Gasteiger partial charge in [-0.15, -0.1) is 0 Å². The van der Waals surface area contributed by atoms with E-state index in [2.05, 4.69) is 10.6 Å². The molecule has 0 saturated carbocycles. The van der Waals surface area contributed by atoms with Crippen LogP contribution in [0.2, 0.25) is 0 Å². The molecule has 2 rings (SSSR count). The minimum Gasteiger partial charge on any atom is -0.481 e. The zero-order valence-electron chi connectivity index (χ0n) is 14.9. The topological polar surface area (TPSA) is 95.5 Å². The Bertz CT molecular complexity index is 804. The van der Waals surface area contributed by atoms with Gasteiger partial charge in [0.1, 0.15) is 5.82 Å². The lowest BCUT2D eigenvalue weighted by atomic mass is 9.97. The Kier molecular flexibility index (Phi) is 7.05. The molecule has 0 aromatic heterocycles. The van der Waals surface area contributed by atoms with Crippen molar-refractivity contribution in [3.63, 3.8) is 0 Å². The van der Waals surface area contributed by atoms with Crippen LogP contribution in [0.25, 0.3) is 0 Å². The van der Waals surface area contributed by atoms with E-state index in [0.29, 0.717) is 11.3 Å². The van der Waals surface area contributed by atoms with Crippen LogP contribution < -0.4 is 10.6 Å². The maximum absolute atomic E-state index is 13.0. The Balaban J connectivity index is 1.86. The molecule has 1 atom stereocenters. The number of carbonyl (C=O) groups is 3. The molecule has 142 valence electrons. The number of nitrogens with one attached hydrogen (secondary N) is 2. The number of carboxylic acids is 1. The number of halogens is 1. The lowest BCUT2D eigenvalue weighted by molar-refractivity contribution is -0.136. The molecule has 0 fully saturated rings. The molecule has 0 aliphatic carbocycles. The summed E-state index contributed by atoms with van der Waals surface area (Å²) in [5, 5.41) is 13.8. The van der Waals surface area contributed by atoms with E-state index in [1.807, 2.05) is 6.92 Å². The fourth-order valence-corrected chi connectivity index (χ4v) is 2.49. The highest BCUT2D eigenvalue weighted by Gasteiger charge is 2.12. The Morgan fingerprint density at radius 3 is 2.26 bits per heavy atom. The van der Waals surface area contributed by atoms with Gasteiger partial charge in [0.05, 0.1) is 6.42 Å². The summed E-state index contributed by atoms with van der Waals surface area (Å²) in [6.07, 6.45) is 0.0924. The highest BCUT2D eigenvalue weighted by atomic mass is 19.1. The van der Waals surface area contributed by atoms with E-state index < -0.39 is 5.97 Å². The quantitative estimate of drug-likeness (QED) is 0.663. The zero-order chi connectivity index (χ0) is 19.8. The molecule has 1 unspecified atom stereocenters. The molecule has 0 saturated heterocycles. The first kappa shape index (κ1) is 20.1. The summed E-state index contributed by atoms with van der Waals surface area (Å²) in [4.78, 5) is 34.5. The normalized spacial score (nSPS) is 11.5. The maximum Gasteiger partial charge on any atom is 0.305 e. The van der Waals surface area contributed by atoms with Gasteiger partial charge in [-0.2, -0.15) is 0 Å². The molecule has 0 bridgehead atoms. The van der Waals surface area contributed by atoms with Crippen molar-refractivity contribution in [2.75, 3.05) is 11.9 Å². The van der Waals surface area contributed by atoms with E-state index >= 15 is 0 Å². The highest BCUT2D eigenvalue weighted by molar-refractivity contribution is 5.96. The van der Waals surface area contributed by atoms with Crippen molar-refractivity contribution in [1.29, 1.82) is 0 Å². The van der Waals surface area contributed by atoms with Gasteiger partial charge in [0.2, 0.25) is 5.91 Å². The van der Waals surface area contributed by atoms with Crippen molar-refractivity contribution in [2.45, 2.75) is 25.7 Å². The molecule has 27 heavy (non-hydrogen) atoms. The number of anilines is 1. The highest BCUT2D eigenvalue weighted by Crippen LogP contribution is 2.20. The number of benzene rings is 2. The van der Waals surface area contributed by atoms with E-state index in [9.17, 15) is 18.8 Å². The second kappa shape index (κ2) is 9.47. The lowest BCUT2D eigenvalue weighted by Gasteiger charge is -2.12. The van der Waals surface area contributed by atoms with Crippen LogP contribution in [0, 0.1) is 5.82 Å². The molecular formula is C20H21FN2O4. The molecule has 6 nitrogen and oxygen atoms in total. The Morgan fingerprint density at radius 1 is 1.04 bits per heavy atom. The number of aliphatic carboxylic acids is 1. The number of carboxylic acid groups (broad SMARTS) is 1. The molecule has 0 aliphatic rings. The van der Waals surface area contributed by atoms with Crippen LogP contribution in [-0.2, 0) is 9.59 Å². The predicted octanol–water partition coefficient (Wildman–Crippen LogP) is 3.16. The van der Waals surface area contributed by atoms with E-state index in [1.54, 1.807) is 36.4 Å². The van der Waals surface area contributed by atoms with Crippen molar-refractivity contribution in [3.05, 3.63) is 65.5 Å². The van der Waals surface area contributed by atoms with E-state index in [0.717, 1.165) is 5.56 Å². The second-order valence-corrected chi connectivity index (χ2v) is 6.18. The van der Waals surface area contributed by atoms with Crippen LogP contribution in [0.4, 0.5) is 10.1 Å². The average molecular weight is 372 g/mol. The Hall–Kier alpha value is -3.22. The number of amides is 2. The van der Waals surface area contributed by atoms with Crippen LogP contribution in [0.5, 0.6) is 0 Å². The van der Waals surface area contributed by atoms with E-state index in [-0.39, 0.29) is 42.9 Å². The summed E-state index contributed by atoms with van der Waals surface area (Å²) in [5.74, 6) is -1.93. The SMILES string of the molecule is CC(CC(=O)Nc1ccc(C(=O)NCCC(=O)O)cc1)c1ccc(F)cc1. The van der Waals surface area contributed by atoms with Gasteiger partial charge >= 0.3 is 5.97 Å². The van der Waals surface area contributed by atoms with Gasteiger partial charge < -0.3 is 15.7 Å². The monoisotopic (exact) mass is 372 g/mol. The minimum absolute atomic E-state index is 0.0495. The predicted molar refractivity (Wildman–Crippen MR) is 99.1 cm³/mol. The first-order valence-electron chi connectivity index (χ1n) is 8.50. The van der Waals surface area contributed by atoms with Crippen LogP contribution >= 0.6 is 0 Å². The minimum atomic E-state index is -0.983. The fourth-order valence-electron chi connectivity index (χ4n) is 2.49. The van der Waals surface area contributed by atoms with E-state index in [4.69, 9.17) is 5.11 Å². The Labute approximate surface area is 156 Å². The molecule has 7 heteroatoms. The van der Waals surface area contributed by atoms with Gasteiger partial charge in [-0.1, -0.05) is 19.1 Å².